The summed E-state index contributed by atoms with van der Waals surface area (Å²) in [6, 6.07) is 0. The summed E-state index contributed by atoms with van der Waals surface area (Å²) in [7, 11) is -2.12. The molecule has 0 aromatic rings. The predicted octanol–water partition coefficient (Wildman–Crippen LogP) is 13.4. The highest BCUT2D eigenvalue weighted by Crippen LogP contribution is 2.18. The van der Waals surface area contributed by atoms with Crippen LogP contribution in [0.5, 0.6) is 0 Å². The first-order valence-electron chi connectivity index (χ1n) is 21.4. The third kappa shape index (κ3) is 36.9. The van der Waals surface area contributed by atoms with E-state index >= 15 is 0 Å². The van der Waals surface area contributed by atoms with Crippen LogP contribution in [0.3, 0.4) is 0 Å². The molecule has 0 aliphatic heterocycles. The zero-order valence-electron chi connectivity index (χ0n) is 32.1. The minimum absolute atomic E-state index is 0.249. The molecule has 1 unspecified atom stereocenters. The van der Waals surface area contributed by atoms with Crippen LogP contribution in [0.15, 0.2) is 0 Å². The van der Waals surface area contributed by atoms with Crippen molar-refractivity contribution in [1.82, 2.24) is 0 Å². The number of nitrogens with two attached hydrogens (primary N) is 1. The Bertz CT molecular complexity index is 512. The highest BCUT2D eigenvalue weighted by Gasteiger charge is 2.21. The maximum atomic E-state index is 6.67. The van der Waals surface area contributed by atoms with Gasteiger partial charge in [0.25, 0.3) is 0 Å². The maximum Gasteiger partial charge on any atom is 0.484 e. The SMILES string of the molecule is CCCCCCCCCCCCCC(CCCN)O[SiH](OCCCCCCCCCCCC)OCCCCCCCCCCCC. The Morgan fingerprint density at radius 1 is 0.370 bits per heavy atom. The third-order valence-corrected chi connectivity index (χ3v) is 11.3. The number of hydrogen-bond donors (Lipinski definition) is 1. The van der Waals surface area contributed by atoms with Crippen LogP contribution in [-0.2, 0) is 13.3 Å². The molecule has 0 aromatic carbocycles. The summed E-state index contributed by atoms with van der Waals surface area (Å²) in [5.74, 6) is 0. The Kier molecular flexibility index (Phi) is 41.3. The second-order valence-electron chi connectivity index (χ2n) is 14.4. The first-order chi connectivity index (χ1) is 22.8. The van der Waals surface area contributed by atoms with Gasteiger partial charge in [-0.1, -0.05) is 207 Å². The van der Waals surface area contributed by atoms with E-state index in [-0.39, 0.29) is 6.10 Å². The predicted molar refractivity (Wildman–Crippen MR) is 207 cm³/mol. The van der Waals surface area contributed by atoms with Gasteiger partial charge in [0.15, 0.2) is 0 Å². The summed E-state index contributed by atoms with van der Waals surface area (Å²) in [5, 5.41) is 0. The smallest absolute Gasteiger partial charge is 0.376 e. The Hall–Kier alpha value is 0.0569. The van der Waals surface area contributed by atoms with Crippen LogP contribution in [0, 0.1) is 0 Å². The van der Waals surface area contributed by atoms with Gasteiger partial charge < -0.3 is 19.0 Å². The molecule has 0 saturated carbocycles. The molecule has 278 valence electrons. The van der Waals surface area contributed by atoms with E-state index in [1.165, 1.54) is 186 Å². The summed E-state index contributed by atoms with van der Waals surface area (Å²) >= 11 is 0. The van der Waals surface area contributed by atoms with Gasteiger partial charge in [-0.3, -0.25) is 0 Å². The van der Waals surface area contributed by atoms with E-state index in [0.29, 0.717) is 0 Å². The van der Waals surface area contributed by atoms with E-state index in [9.17, 15) is 0 Å². The number of hydrogen-bond acceptors (Lipinski definition) is 4. The Morgan fingerprint density at radius 3 is 0.978 bits per heavy atom. The van der Waals surface area contributed by atoms with Crippen LogP contribution in [0.25, 0.3) is 0 Å². The lowest BCUT2D eigenvalue weighted by Crippen LogP contribution is -2.33. The average molecular weight is 670 g/mol. The van der Waals surface area contributed by atoms with Crippen molar-refractivity contribution in [3.05, 3.63) is 0 Å². The Labute approximate surface area is 292 Å². The highest BCUT2D eigenvalue weighted by atomic mass is 28.3. The van der Waals surface area contributed by atoms with Gasteiger partial charge in [-0.2, -0.15) is 0 Å². The molecular formula is C41H87NO3Si. The van der Waals surface area contributed by atoms with Crippen molar-refractivity contribution in [3.63, 3.8) is 0 Å². The molecule has 0 rings (SSSR count). The maximum absolute atomic E-state index is 6.67. The van der Waals surface area contributed by atoms with Gasteiger partial charge in [0.2, 0.25) is 0 Å². The molecule has 4 nitrogen and oxygen atoms in total. The van der Waals surface area contributed by atoms with Gasteiger partial charge in [0.1, 0.15) is 0 Å². The quantitative estimate of drug-likeness (QED) is 0.0520. The van der Waals surface area contributed by atoms with Crippen LogP contribution in [-0.4, -0.2) is 35.4 Å². The highest BCUT2D eigenvalue weighted by molar-refractivity contribution is 6.36. The monoisotopic (exact) mass is 670 g/mol. The fourth-order valence-corrected chi connectivity index (χ4v) is 8.04. The molecule has 0 radical (unpaired) electrons. The second-order valence-corrected chi connectivity index (χ2v) is 15.9. The molecule has 0 amide bonds. The topological polar surface area (TPSA) is 53.7 Å². The molecule has 46 heavy (non-hydrogen) atoms. The average Bonchev–Trinajstić information content (AvgIpc) is 3.06. The molecule has 0 bridgehead atoms. The van der Waals surface area contributed by atoms with Crippen molar-refractivity contribution in [1.29, 1.82) is 0 Å². The van der Waals surface area contributed by atoms with Crippen molar-refractivity contribution in [2.45, 2.75) is 245 Å². The summed E-state index contributed by atoms with van der Waals surface area (Å²) in [6.45, 7) is 9.23. The summed E-state index contributed by atoms with van der Waals surface area (Å²) in [5.41, 5.74) is 5.92. The molecule has 0 saturated heterocycles. The van der Waals surface area contributed by atoms with Gasteiger partial charge in [-0.15, -0.1) is 0 Å². The molecule has 5 heteroatoms. The zero-order valence-corrected chi connectivity index (χ0v) is 33.3. The first kappa shape index (κ1) is 46.1. The van der Waals surface area contributed by atoms with Crippen molar-refractivity contribution in [3.8, 4) is 0 Å². The van der Waals surface area contributed by atoms with Gasteiger partial charge in [-0.05, 0) is 38.6 Å². The van der Waals surface area contributed by atoms with Crippen LogP contribution in [0.1, 0.15) is 239 Å². The van der Waals surface area contributed by atoms with E-state index in [1.54, 1.807) is 0 Å². The molecule has 0 spiro atoms. The van der Waals surface area contributed by atoms with Gasteiger partial charge in [0, 0.05) is 19.3 Å². The van der Waals surface area contributed by atoms with E-state index in [0.717, 1.165) is 51.9 Å². The summed E-state index contributed by atoms with van der Waals surface area (Å²) in [6.07, 6.45) is 45.7. The molecule has 0 aliphatic rings. The molecule has 0 fully saturated rings. The Morgan fingerprint density at radius 2 is 0.652 bits per heavy atom. The normalized spacial score (nSPS) is 12.5. The van der Waals surface area contributed by atoms with Crippen molar-refractivity contribution < 1.29 is 13.3 Å². The standard InChI is InChI=1S/C41H87NO3Si/c1-4-7-10-13-16-19-22-23-26-29-32-36-41(37-35-38-42)45-46(43-39-33-30-27-24-20-17-14-11-8-5-2)44-40-34-31-28-25-21-18-15-12-9-6-3/h41,46H,4-40,42H2,1-3H3. The number of unbranched alkanes of at least 4 members (excludes halogenated alkanes) is 28. The van der Waals surface area contributed by atoms with Crippen LogP contribution < -0.4 is 5.73 Å². The fraction of sp³-hybridized carbons (Fsp3) is 1.00. The van der Waals surface area contributed by atoms with E-state index in [1.807, 2.05) is 0 Å². The third-order valence-electron chi connectivity index (χ3n) is 9.67. The second kappa shape index (κ2) is 41.2. The summed E-state index contributed by atoms with van der Waals surface area (Å²) in [4.78, 5) is 0. The van der Waals surface area contributed by atoms with Crippen molar-refractivity contribution in [2.75, 3.05) is 19.8 Å². The molecule has 0 aliphatic carbocycles. The van der Waals surface area contributed by atoms with E-state index < -0.39 is 9.53 Å². The van der Waals surface area contributed by atoms with E-state index in [4.69, 9.17) is 19.0 Å². The first-order valence-corrected chi connectivity index (χ1v) is 22.8. The van der Waals surface area contributed by atoms with Gasteiger partial charge in [0.05, 0.1) is 0 Å². The lowest BCUT2D eigenvalue weighted by Gasteiger charge is -2.24. The Balaban J connectivity index is 4.39. The molecule has 0 heterocycles. The van der Waals surface area contributed by atoms with Gasteiger partial charge >= 0.3 is 9.53 Å². The minimum Gasteiger partial charge on any atom is -0.376 e. The van der Waals surface area contributed by atoms with Crippen molar-refractivity contribution in [2.24, 2.45) is 5.73 Å². The minimum atomic E-state index is -2.12. The van der Waals surface area contributed by atoms with E-state index in [2.05, 4.69) is 20.8 Å². The number of rotatable bonds is 41. The van der Waals surface area contributed by atoms with Crippen molar-refractivity contribution >= 4 is 9.53 Å². The molecular weight excluding hydrogens is 583 g/mol. The van der Waals surface area contributed by atoms with Crippen LogP contribution >= 0.6 is 0 Å². The molecule has 1 atom stereocenters. The van der Waals surface area contributed by atoms with Crippen LogP contribution in [0.4, 0.5) is 0 Å². The molecule has 0 aromatic heterocycles. The molecule has 2 N–H and O–H groups in total. The summed E-state index contributed by atoms with van der Waals surface area (Å²) < 4.78 is 19.4. The lowest BCUT2D eigenvalue weighted by atomic mass is 10.0. The van der Waals surface area contributed by atoms with Gasteiger partial charge in [-0.25, -0.2) is 0 Å². The van der Waals surface area contributed by atoms with Crippen LogP contribution in [0.2, 0.25) is 0 Å². The largest absolute Gasteiger partial charge is 0.484 e. The lowest BCUT2D eigenvalue weighted by molar-refractivity contribution is 0.0465. The zero-order chi connectivity index (χ0) is 33.4. The fourth-order valence-electron chi connectivity index (χ4n) is 6.48.